The van der Waals surface area contributed by atoms with Gasteiger partial charge in [-0.3, -0.25) is 9.69 Å². The number of benzene rings is 1. The molecule has 1 fully saturated rings. The van der Waals surface area contributed by atoms with Crippen LogP contribution in [0.3, 0.4) is 0 Å². The molecular formula is C21H24N4O3S. The van der Waals surface area contributed by atoms with E-state index in [0.29, 0.717) is 37.1 Å². The molecule has 1 atom stereocenters. The number of hydrogen-bond donors (Lipinski definition) is 0. The smallest absolute Gasteiger partial charge is 0.263 e. The van der Waals surface area contributed by atoms with Crippen molar-refractivity contribution in [2.45, 2.75) is 26.5 Å². The normalized spacial score (nSPS) is 16.0. The van der Waals surface area contributed by atoms with E-state index in [2.05, 4.69) is 15.0 Å². The van der Waals surface area contributed by atoms with E-state index in [1.165, 1.54) is 0 Å². The van der Waals surface area contributed by atoms with Crippen LogP contribution in [0.25, 0.3) is 10.7 Å². The van der Waals surface area contributed by atoms with Crippen molar-refractivity contribution in [1.29, 1.82) is 0 Å². The predicted octanol–water partition coefficient (Wildman–Crippen LogP) is 3.22. The minimum absolute atomic E-state index is 0.0167. The van der Waals surface area contributed by atoms with Crippen LogP contribution >= 0.6 is 11.3 Å². The summed E-state index contributed by atoms with van der Waals surface area (Å²) in [5.41, 5.74) is 1.16. The molecule has 29 heavy (non-hydrogen) atoms. The topological polar surface area (TPSA) is 71.7 Å². The average Bonchev–Trinajstić information content (AvgIpc) is 3.41. The second-order valence-electron chi connectivity index (χ2n) is 7.16. The molecule has 3 heterocycles. The Labute approximate surface area is 173 Å². The zero-order valence-corrected chi connectivity index (χ0v) is 17.4. The molecule has 0 unspecified atom stereocenters. The average molecular weight is 413 g/mol. The van der Waals surface area contributed by atoms with Crippen LogP contribution in [0.5, 0.6) is 5.75 Å². The van der Waals surface area contributed by atoms with E-state index in [0.717, 1.165) is 23.5 Å². The lowest BCUT2D eigenvalue weighted by Gasteiger charge is -2.35. The molecule has 0 saturated carbocycles. The van der Waals surface area contributed by atoms with Crippen molar-refractivity contribution < 1.29 is 14.1 Å². The number of aryl methyl sites for hydroxylation is 1. The molecule has 1 aliphatic heterocycles. The van der Waals surface area contributed by atoms with E-state index in [4.69, 9.17) is 9.26 Å². The summed E-state index contributed by atoms with van der Waals surface area (Å²) in [6, 6.07) is 11.7. The summed E-state index contributed by atoms with van der Waals surface area (Å²) in [5, 5.41) is 6.04. The maximum atomic E-state index is 12.7. The maximum Gasteiger partial charge on any atom is 0.263 e. The molecule has 2 aromatic heterocycles. The number of carbonyl (C=O) groups is 1. The standard InChI is InChI=1S/C21H24N4O3S/c1-15-5-7-17(8-6-15)27-16(2)21(26)25-11-9-24(10-12-25)14-19-22-20(23-28-19)18-4-3-13-29-18/h3-8,13,16H,9-12,14H2,1-2H3/t16-/m1/s1. The van der Waals surface area contributed by atoms with Gasteiger partial charge >= 0.3 is 0 Å². The fourth-order valence-electron chi connectivity index (χ4n) is 3.27. The number of thiophene rings is 1. The van der Waals surface area contributed by atoms with Crippen molar-refractivity contribution in [3.8, 4) is 16.5 Å². The Bertz CT molecular complexity index is 931. The molecule has 0 aliphatic carbocycles. The van der Waals surface area contributed by atoms with E-state index < -0.39 is 6.10 Å². The highest BCUT2D eigenvalue weighted by molar-refractivity contribution is 7.13. The number of ether oxygens (including phenoxy) is 1. The van der Waals surface area contributed by atoms with Gasteiger partial charge in [0.15, 0.2) is 6.10 Å². The molecule has 152 valence electrons. The third-order valence-corrected chi connectivity index (χ3v) is 5.80. The minimum atomic E-state index is -0.506. The van der Waals surface area contributed by atoms with Gasteiger partial charge in [-0.05, 0) is 37.4 Å². The van der Waals surface area contributed by atoms with E-state index in [1.54, 1.807) is 18.3 Å². The quantitative estimate of drug-likeness (QED) is 0.619. The van der Waals surface area contributed by atoms with Crippen LogP contribution in [0.2, 0.25) is 0 Å². The van der Waals surface area contributed by atoms with Crippen LogP contribution in [0.15, 0.2) is 46.3 Å². The third-order valence-electron chi connectivity index (χ3n) is 4.93. The lowest BCUT2D eigenvalue weighted by molar-refractivity contribution is -0.139. The fourth-order valence-corrected chi connectivity index (χ4v) is 3.92. The molecular weight excluding hydrogens is 388 g/mol. The van der Waals surface area contributed by atoms with Gasteiger partial charge in [0.1, 0.15) is 5.75 Å². The number of amides is 1. The van der Waals surface area contributed by atoms with Crippen molar-refractivity contribution in [1.82, 2.24) is 19.9 Å². The fraction of sp³-hybridized carbons (Fsp3) is 0.381. The molecule has 4 rings (SSSR count). The summed E-state index contributed by atoms with van der Waals surface area (Å²) < 4.78 is 11.2. The van der Waals surface area contributed by atoms with Crippen LogP contribution in [0.1, 0.15) is 18.4 Å². The third kappa shape index (κ3) is 4.83. The summed E-state index contributed by atoms with van der Waals surface area (Å²) >= 11 is 1.59. The van der Waals surface area contributed by atoms with Gasteiger partial charge in [-0.2, -0.15) is 4.98 Å². The van der Waals surface area contributed by atoms with Crippen molar-refractivity contribution in [2.75, 3.05) is 26.2 Å². The molecule has 0 N–H and O–H groups in total. The maximum absolute atomic E-state index is 12.7. The zero-order valence-electron chi connectivity index (χ0n) is 16.6. The van der Waals surface area contributed by atoms with Gasteiger partial charge < -0.3 is 14.2 Å². The monoisotopic (exact) mass is 412 g/mol. The second kappa shape index (κ2) is 8.75. The first kappa shape index (κ1) is 19.6. The second-order valence-corrected chi connectivity index (χ2v) is 8.11. The van der Waals surface area contributed by atoms with Gasteiger partial charge in [0.25, 0.3) is 5.91 Å². The largest absolute Gasteiger partial charge is 0.481 e. The lowest BCUT2D eigenvalue weighted by Crippen LogP contribution is -2.51. The first-order chi connectivity index (χ1) is 14.1. The van der Waals surface area contributed by atoms with Gasteiger partial charge in [-0.25, -0.2) is 0 Å². The van der Waals surface area contributed by atoms with Gasteiger partial charge in [0.05, 0.1) is 11.4 Å². The zero-order chi connectivity index (χ0) is 20.2. The molecule has 1 amide bonds. The Morgan fingerprint density at radius 3 is 2.66 bits per heavy atom. The Kier molecular flexibility index (Phi) is 5.92. The number of piperazine rings is 1. The molecule has 3 aromatic rings. The van der Waals surface area contributed by atoms with Crippen LogP contribution in [-0.4, -0.2) is 58.1 Å². The summed E-state index contributed by atoms with van der Waals surface area (Å²) in [6.07, 6.45) is -0.506. The van der Waals surface area contributed by atoms with Gasteiger partial charge in [-0.15, -0.1) is 11.3 Å². The molecule has 0 radical (unpaired) electrons. The first-order valence-electron chi connectivity index (χ1n) is 9.69. The van der Waals surface area contributed by atoms with E-state index in [-0.39, 0.29) is 5.91 Å². The number of hydrogen-bond acceptors (Lipinski definition) is 7. The highest BCUT2D eigenvalue weighted by Gasteiger charge is 2.27. The number of carbonyl (C=O) groups excluding carboxylic acids is 1. The predicted molar refractivity (Wildman–Crippen MR) is 111 cm³/mol. The van der Waals surface area contributed by atoms with Gasteiger partial charge in [-0.1, -0.05) is 28.9 Å². The molecule has 1 aromatic carbocycles. The summed E-state index contributed by atoms with van der Waals surface area (Å²) in [4.78, 5) is 22.3. The summed E-state index contributed by atoms with van der Waals surface area (Å²) in [5.74, 6) is 1.96. The Morgan fingerprint density at radius 1 is 1.21 bits per heavy atom. The summed E-state index contributed by atoms with van der Waals surface area (Å²) in [6.45, 7) is 7.27. The molecule has 0 bridgehead atoms. The first-order valence-corrected chi connectivity index (χ1v) is 10.6. The summed E-state index contributed by atoms with van der Waals surface area (Å²) in [7, 11) is 0. The van der Waals surface area contributed by atoms with E-state index in [1.807, 2.05) is 53.6 Å². The van der Waals surface area contributed by atoms with Gasteiger partial charge in [0.2, 0.25) is 11.7 Å². The molecule has 0 spiro atoms. The van der Waals surface area contributed by atoms with Crippen molar-refractivity contribution in [3.05, 3.63) is 53.2 Å². The van der Waals surface area contributed by atoms with Crippen LogP contribution in [-0.2, 0) is 11.3 Å². The lowest BCUT2D eigenvalue weighted by atomic mass is 10.2. The number of rotatable bonds is 6. The SMILES string of the molecule is Cc1ccc(O[C@H](C)C(=O)N2CCN(Cc3nc(-c4cccs4)no3)CC2)cc1. The number of nitrogens with zero attached hydrogens (tertiary/aromatic N) is 4. The molecule has 1 aliphatic rings. The van der Waals surface area contributed by atoms with Gasteiger partial charge in [0, 0.05) is 26.2 Å². The Morgan fingerprint density at radius 2 is 1.97 bits per heavy atom. The van der Waals surface area contributed by atoms with E-state index >= 15 is 0 Å². The Hall–Kier alpha value is -2.71. The highest BCUT2D eigenvalue weighted by Crippen LogP contribution is 2.22. The van der Waals surface area contributed by atoms with Crippen LogP contribution < -0.4 is 4.74 Å². The van der Waals surface area contributed by atoms with E-state index in [9.17, 15) is 4.79 Å². The molecule has 8 heteroatoms. The van der Waals surface area contributed by atoms with Crippen LogP contribution in [0, 0.1) is 6.92 Å². The molecule has 7 nitrogen and oxygen atoms in total. The van der Waals surface area contributed by atoms with Crippen molar-refractivity contribution >= 4 is 17.2 Å². The highest BCUT2D eigenvalue weighted by atomic mass is 32.1. The molecule has 1 saturated heterocycles. The van der Waals surface area contributed by atoms with Crippen molar-refractivity contribution in [3.63, 3.8) is 0 Å². The Balaban J connectivity index is 1.26. The minimum Gasteiger partial charge on any atom is -0.481 e. The van der Waals surface area contributed by atoms with Crippen LogP contribution in [0.4, 0.5) is 0 Å². The van der Waals surface area contributed by atoms with Crippen molar-refractivity contribution in [2.24, 2.45) is 0 Å². The number of aromatic nitrogens is 2.